The van der Waals surface area contributed by atoms with E-state index in [4.69, 9.17) is 14.5 Å². The minimum absolute atomic E-state index is 0.0342. The first kappa shape index (κ1) is 25.3. The van der Waals surface area contributed by atoms with Crippen LogP contribution in [0.4, 0.5) is 0 Å². The van der Waals surface area contributed by atoms with E-state index in [1.54, 1.807) is 7.11 Å². The largest absolute Gasteiger partial charge is 0.497 e. The SMILES string of the molecule is CCC1=C(C(=O)OC)[C@H](c2cccc(OC)c2)N2C(CC(=O)NCC[C@@H]3CCCN3C)=CSC2=N1. The van der Waals surface area contributed by atoms with Gasteiger partial charge in [0.05, 0.1) is 38.0 Å². The quantitative estimate of drug-likeness (QED) is 0.518. The molecule has 1 N–H and O–H groups in total. The van der Waals surface area contributed by atoms with Crippen LogP contribution in [0.15, 0.2) is 51.6 Å². The maximum atomic E-state index is 13.0. The number of benzene rings is 1. The highest BCUT2D eigenvalue weighted by molar-refractivity contribution is 8.16. The van der Waals surface area contributed by atoms with E-state index >= 15 is 0 Å². The van der Waals surface area contributed by atoms with Crippen LogP contribution in [0.2, 0.25) is 0 Å². The Labute approximate surface area is 211 Å². The molecular weight excluding hydrogens is 464 g/mol. The molecule has 1 aromatic carbocycles. The van der Waals surface area contributed by atoms with E-state index < -0.39 is 12.0 Å². The van der Waals surface area contributed by atoms with Crippen LogP contribution in [0, 0.1) is 0 Å². The molecule has 3 aliphatic heterocycles. The van der Waals surface area contributed by atoms with Crippen molar-refractivity contribution in [2.75, 3.05) is 34.4 Å². The number of aliphatic imine (C=N–C) groups is 1. The highest BCUT2D eigenvalue weighted by Gasteiger charge is 2.41. The van der Waals surface area contributed by atoms with Crippen LogP contribution in [-0.2, 0) is 14.3 Å². The van der Waals surface area contributed by atoms with E-state index in [0.717, 1.165) is 29.4 Å². The summed E-state index contributed by atoms with van der Waals surface area (Å²) in [7, 11) is 5.15. The van der Waals surface area contributed by atoms with Gasteiger partial charge in [0, 0.05) is 18.3 Å². The molecule has 1 fully saturated rings. The average Bonchev–Trinajstić information content (AvgIpc) is 3.47. The molecule has 0 radical (unpaired) electrons. The third-order valence-electron chi connectivity index (χ3n) is 6.85. The molecule has 0 spiro atoms. The molecular formula is C26H34N4O4S. The lowest BCUT2D eigenvalue weighted by Crippen LogP contribution is -2.38. The lowest BCUT2D eigenvalue weighted by atomic mass is 9.92. The number of amides is 1. The van der Waals surface area contributed by atoms with E-state index in [0.29, 0.717) is 36.0 Å². The second-order valence-corrected chi connectivity index (χ2v) is 9.80. The molecule has 0 bridgehead atoms. The zero-order valence-corrected chi connectivity index (χ0v) is 21.7. The second-order valence-electron chi connectivity index (χ2n) is 8.97. The third kappa shape index (κ3) is 5.41. The number of thioether (sulfide) groups is 1. The number of allylic oxidation sites excluding steroid dienone is 1. The van der Waals surface area contributed by atoms with Crippen LogP contribution >= 0.6 is 11.8 Å². The minimum Gasteiger partial charge on any atom is -0.497 e. The summed E-state index contributed by atoms with van der Waals surface area (Å²) in [5.41, 5.74) is 2.88. The lowest BCUT2D eigenvalue weighted by molar-refractivity contribution is -0.136. The Hall–Kier alpha value is -2.78. The summed E-state index contributed by atoms with van der Waals surface area (Å²) >= 11 is 1.48. The molecule has 4 rings (SSSR count). The van der Waals surface area contributed by atoms with Crippen LogP contribution in [0.3, 0.4) is 0 Å². The van der Waals surface area contributed by atoms with E-state index in [1.807, 2.05) is 41.5 Å². The number of ether oxygens (including phenoxy) is 2. The van der Waals surface area contributed by atoms with Gasteiger partial charge in [0.2, 0.25) is 5.91 Å². The van der Waals surface area contributed by atoms with Gasteiger partial charge in [0.15, 0.2) is 5.17 Å². The van der Waals surface area contributed by atoms with Gasteiger partial charge in [-0.05, 0) is 62.4 Å². The number of carbonyl (C=O) groups is 2. The fourth-order valence-corrected chi connectivity index (χ4v) is 5.93. The van der Waals surface area contributed by atoms with Crippen LogP contribution in [0.1, 0.15) is 50.6 Å². The fraction of sp³-hybridized carbons (Fsp3) is 0.500. The number of amidine groups is 1. The summed E-state index contributed by atoms with van der Waals surface area (Å²) in [4.78, 5) is 35.0. The van der Waals surface area contributed by atoms with Gasteiger partial charge in [-0.2, -0.15) is 0 Å². The fourth-order valence-electron chi connectivity index (χ4n) is 4.99. The Morgan fingerprint density at radius 1 is 1.29 bits per heavy atom. The van der Waals surface area contributed by atoms with Gasteiger partial charge < -0.3 is 24.6 Å². The molecule has 35 heavy (non-hydrogen) atoms. The number of carbonyl (C=O) groups excluding carboxylic acids is 2. The number of rotatable bonds is 9. The molecule has 0 saturated carbocycles. The summed E-state index contributed by atoms with van der Waals surface area (Å²) in [6, 6.07) is 7.73. The first-order chi connectivity index (χ1) is 17.0. The van der Waals surface area contributed by atoms with Crippen LogP contribution < -0.4 is 10.1 Å². The van der Waals surface area contributed by atoms with Crippen molar-refractivity contribution in [3.63, 3.8) is 0 Å². The Morgan fingerprint density at radius 3 is 2.80 bits per heavy atom. The van der Waals surface area contributed by atoms with Crippen molar-refractivity contribution in [1.82, 2.24) is 15.1 Å². The van der Waals surface area contributed by atoms with Crippen molar-refractivity contribution in [2.24, 2.45) is 4.99 Å². The monoisotopic (exact) mass is 498 g/mol. The molecule has 0 aromatic heterocycles. The molecule has 1 saturated heterocycles. The molecule has 2 atom stereocenters. The van der Waals surface area contributed by atoms with Crippen LogP contribution in [-0.4, -0.2) is 67.2 Å². The van der Waals surface area contributed by atoms with Crippen molar-refractivity contribution in [2.45, 2.75) is 51.1 Å². The smallest absolute Gasteiger partial charge is 0.338 e. The summed E-state index contributed by atoms with van der Waals surface area (Å²) in [6.45, 7) is 3.76. The van der Waals surface area contributed by atoms with Gasteiger partial charge in [-0.3, -0.25) is 4.79 Å². The van der Waals surface area contributed by atoms with Crippen molar-refractivity contribution >= 4 is 28.8 Å². The third-order valence-corrected chi connectivity index (χ3v) is 7.74. The van der Waals surface area contributed by atoms with Crippen LogP contribution in [0.5, 0.6) is 5.75 Å². The van der Waals surface area contributed by atoms with Crippen molar-refractivity contribution in [3.05, 3.63) is 52.2 Å². The highest BCUT2D eigenvalue weighted by Crippen LogP contribution is 2.45. The topological polar surface area (TPSA) is 83.5 Å². The summed E-state index contributed by atoms with van der Waals surface area (Å²) < 4.78 is 10.6. The maximum absolute atomic E-state index is 13.0. The number of nitrogens with zero attached hydrogens (tertiary/aromatic N) is 3. The first-order valence-corrected chi connectivity index (χ1v) is 13.0. The predicted octanol–water partition coefficient (Wildman–Crippen LogP) is 3.82. The Bertz CT molecular complexity index is 1070. The number of likely N-dealkylation sites (tertiary alicyclic amines) is 1. The van der Waals surface area contributed by atoms with E-state index in [-0.39, 0.29) is 12.3 Å². The molecule has 1 aromatic rings. The average molecular weight is 499 g/mol. The minimum atomic E-state index is -0.457. The zero-order chi connectivity index (χ0) is 24.9. The Morgan fingerprint density at radius 2 is 2.11 bits per heavy atom. The molecule has 3 heterocycles. The van der Waals surface area contributed by atoms with Gasteiger partial charge in [0.1, 0.15) is 5.75 Å². The number of hydrogen-bond acceptors (Lipinski definition) is 8. The van der Waals surface area contributed by atoms with Crippen LogP contribution in [0.25, 0.3) is 0 Å². The van der Waals surface area contributed by atoms with Gasteiger partial charge in [0.25, 0.3) is 0 Å². The number of hydrogen-bond donors (Lipinski definition) is 1. The summed E-state index contributed by atoms with van der Waals surface area (Å²) in [6.07, 6.45) is 4.16. The molecule has 3 aliphatic rings. The maximum Gasteiger partial charge on any atom is 0.338 e. The number of esters is 1. The molecule has 0 aliphatic carbocycles. The number of nitrogens with one attached hydrogen (secondary N) is 1. The lowest BCUT2D eigenvalue weighted by Gasteiger charge is -2.36. The molecule has 8 nitrogen and oxygen atoms in total. The summed E-state index contributed by atoms with van der Waals surface area (Å²) in [5.74, 6) is 0.243. The summed E-state index contributed by atoms with van der Waals surface area (Å²) in [5, 5.41) is 5.81. The van der Waals surface area contributed by atoms with Gasteiger partial charge in [-0.1, -0.05) is 30.8 Å². The molecule has 9 heteroatoms. The Balaban J connectivity index is 1.56. The Kier molecular flexibility index (Phi) is 8.18. The number of methoxy groups -OCH3 is 2. The van der Waals surface area contributed by atoms with Crippen molar-refractivity contribution in [1.29, 1.82) is 0 Å². The van der Waals surface area contributed by atoms with Gasteiger partial charge in [-0.25, -0.2) is 9.79 Å². The van der Waals surface area contributed by atoms with E-state index in [9.17, 15) is 9.59 Å². The molecule has 1 amide bonds. The molecule has 188 valence electrons. The normalized spacial score (nSPS) is 22.0. The van der Waals surface area contributed by atoms with E-state index in [2.05, 4.69) is 17.3 Å². The van der Waals surface area contributed by atoms with E-state index in [1.165, 1.54) is 31.7 Å². The van der Waals surface area contributed by atoms with Crippen molar-refractivity contribution in [3.8, 4) is 5.75 Å². The second kappa shape index (κ2) is 11.3. The van der Waals surface area contributed by atoms with Gasteiger partial charge >= 0.3 is 5.97 Å². The highest BCUT2D eigenvalue weighted by atomic mass is 32.2. The predicted molar refractivity (Wildman–Crippen MR) is 138 cm³/mol. The van der Waals surface area contributed by atoms with Gasteiger partial charge in [-0.15, -0.1) is 0 Å². The number of fused-ring (bicyclic) bond motifs is 1. The van der Waals surface area contributed by atoms with Crippen molar-refractivity contribution < 1.29 is 19.1 Å². The zero-order valence-electron chi connectivity index (χ0n) is 20.9. The molecule has 0 unspecified atom stereocenters. The first-order valence-electron chi connectivity index (χ1n) is 12.1. The standard InChI is InChI=1S/C26H34N4O4S/c1-5-21-23(25(32)34-4)24(17-8-6-10-20(14-17)33-3)30-19(16-35-26(30)28-21)15-22(31)27-12-11-18-9-7-13-29(18)2/h6,8,10,14,16,18,24H,5,7,9,11-13,15H2,1-4H3,(H,27,31)/t18-,24-/m0/s1.